The Hall–Kier alpha value is -3.38. The molecule has 1 aliphatic carbocycles. The van der Waals surface area contributed by atoms with Crippen LogP contribution in [0.5, 0.6) is 5.75 Å². The summed E-state index contributed by atoms with van der Waals surface area (Å²) in [5, 5.41) is 0.926. The normalized spacial score (nSPS) is 22.3. The number of rotatable bonds is 7. The molecular weight excluding hydrogens is 422 g/mol. The molecule has 174 valence electrons. The second-order valence-corrected chi connectivity index (χ2v) is 10.1. The molecule has 4 aromatic rings. The maximum absolute atomic E-state index is 6.40. The summed E-state index contributed by atoms with van der Waals surface area (Å²) in [5.74, 6) is 2.11. The summed E-state index contributed by atoms with van der Waals surface area (Å²) >= 11 is 0. The van der Waals surface area contributed by atoms with Crippen molar-refractivity contribution in [2.45, 2.75) is 38.3 Å². The molecule has 0 bridgehead atoms. The van der Waals surface area contributed by atoms with Gasteiger partial charge in [-0.1, -0.05) is 42.5 Å². The molecule has 6 nitrogen and oxygen atoms in total. The molecule has 0 radical (unpaired) electrons. The third kappa shape index (κ3) is 3.82. The molecule has 2 fully saturated rings. The Balaban J connectivity index is 1.30. The van der Waals surface area contributed by atoms with Crippen molar-refractivity contribution in [1.29, 1.82) is 0 Å². The van der Waals surface area contributed by atoms with Crippen molar-refractivity contribution in [1.82, 2.24) is 19.4 Å². The lowest BCUT2D eigenvalue weighted by Crippen LogP contribution is -2.50. The summed E-state index contributed by atoms with van der Waals surface area (Å²) in [6.45, 7) is 6.63. The molecule has 3 heterocycles. The summed E-state index contributed by atoms with van der Waals surface area (Å²) in [7, 11) is 0. The van der Waals surface area contributed by atoms with E-state index in [2.05, 4.69) is 56.8 Å². The minimum atomic E-state index is 0.0498. The summed E-state index contributed by atoms with van der Waals surface area (Å²) in [5.41, 5.74) is 10.6. The summed E-state index contributed by atoms with van der Waals surface area (Å²) in [6, 6.07) is 18.5. The van der Waals surface area contributed by atoms with Crippen LogP contribution in [0.1, 0.15) is 31.7 Å². The smallest absolute Gasteiger partial charge is 0.146 e. The van der Waals surface area contributed by atoms with Crippen LogP contribution in [0.4, 0.5) is 5.82 Å². The molecule has 0 spiro atoms. The first-order valence-corrected chi connectivity index (χ1v) is 12.2. The fourth-order valence-corrected chi connectivity index (χ4v) is 5.65. The molecule has 2 aliphatic rings. The topological polar surface area (TPSA) is 69.2 Å². The van der Waals surface area contributed by atoms with E-state index in [4.69, 9.17) is 10.5 Å². The van der Waals surface area contributed by atoms with Crippen LogP contribution in [0.3, 0.4) is 0 Å². The van der Waals surface area contributed by atoms with E-state index in [-0.39, 0.29) is 5.54 Å². The van der Waals surface area contributed by atoms with Crippen molar-refractivity contribution in [3.63, 3.8) is 0 Å². The van der Waals surface area contributed by atoms with Crippen molar-refractivity contribution >= 4 is 16.9 Å². The number of nitrogens with two attached hydrogens (primary N) is 1. The lowest BCUT2D eigenvalue weighted by molar-refractivity contribution is 0.0383. The van der Waals surface area contributed by atoms with Gasteiger partial charge < -0.3 is 19.9 Å². The Kier molecular flexibility index (Phi) is 5.26. The van der Waals surface area contributed by atoms with Crippen molar-refractivity contribution in [3.8, 4) is 16.9 Å². The Bertz CT molecular complexity index is 1310. The number of hydrogen-bond acceptors (Lipinski definition) is 5. The third-order valence-corrected chi connectivity index (χ3v) is 7.51. The van der Waals surface area contributed by atoms with Crippen molar-refractivity contribution < 1.29 is 4.74 Å². The number of anilines is 1. The monoisotopic (exact) mass is 453 g/mol. The number of nitrogens with zero attached hydrogens (tertiary/aromatic N) is 4. The maximum atomic E-state index is 6.40. The third-order valence-electron chi connectivity index (χ3n) is 7.51. The van der Waals surface area contributed by atoms with Gasteiger partial charge in [0.05, 0.1) is 5.39 Å². The van der Waals surface area contributed by atoms with E-state index < -0.39 is 0 Å². The molecule has 0 atom stereocenters. The largest absolute Gasteiger partial charge is 0.489 e. The highest BCUT2D eigenvalue weighted by Crippen LogP contribution is 2.48. The molecular formula is C28H31N5O. The number of aromatic nitrogens is 3. The first-order chi connectivity index (χ1) is 16.6. The van der Waals surface area contributed by atoms with Gasteiger partial charge in [-0.05, 0) is 68.5 Å². The average molecular weight is 454 g/mol. The Labute approximate surface area is 200 Å². The van der Waals surface area contributed by atoms with Gasteiger partial charge in [0.1, 0.15) is 30.1 Å². The molecule has 1 saturated heterocycles. The van der Waals surface area contributed by atoms with Crippen LogP contribution in [-0.4, -0.2) is 39.1 Å². The standard InChI is InChI=1S/C28H31N5O/c1-28(14-21(15-28)16-32-11-6-12-32)33-17-24(25-26(29)30-19-31-27(25)33)22-9-5-10-23(13-22)34-18-20-7-3-2-4-8-20/h2-5,7-10,13,17,19,21H,6,11-12,14-16,18H2,1H3,(H2,29,30,31)/t21-,28+. The molecule has 6 rings (SSSR count). The first kappa shape index (κ1) is 21.2. The molecule has 2 aromatic carbocycles. The summed E-state index contributed by atoms with van der Waals surface area (Å²) in [4.78, 5) is 11.6. The number of hydrogen-bond donors (Lipinski definition) is 1. The quantitative estimate of drug-likeness (QED) is 0.422. The van der Waals surface area contributed by atoms with Crippen LogP contribution < -0.4 is 10.5 Å². The van der Waals surface area contributed by atoms with Gasteiger partial charge in [0.2, 0.25) is 0 Å². The Morgan fingerprint density at radius 2 is 1.88 bits per heavy atom. The van der Waals surface area contributed by atoms with E-state index >= 15 is 0 Å². The number of benzene rings is 2. The fraction of sp³-hybridized carbons (Fsp3) is 0.357. The zero-order valence-corrected chi connectivity index (χ0v) is 19.7. The predicted molar refractivity (Wildman–Crippen MR) is 136 cm³/mol. The van der Waals surface area contributed by atoms with Gasteiger partial charge in [-0.15, -0.1) is 0 Å². The van der Waals surface area contributed by atoms with E-state index in [1.54, 1.807) is 6.33 Å². The molecule has 2 aromatic heterocycles. The molecule has 6 heteroatoms. The van der Waals surface area contributed by atoms with Crippen LogP contribution in [0, 0.1) is 5.92 Å². The molecule has 0 unspecified atom stereocenters. The Morgan fingerprint density at radius 3 is 2.65 bits per heavy atom. The molecule has 1 saturated carbocycles. The van der Waals surface area contributed by atoms with Gasteiger partial charge in [0, 0.05) is 23.8 Å². The van der Waals surface area contributed by atoms with E-state index in [1.807, 2.05) is 30.3 Å². The highest BCUT2D eigenvalue weighted by Gasteiger charge is 2.43. The number of ether oxygens (including phenoxy) is 1. The molecule has 2 N–H and O–H groups in total. The van der Waals surface area contributed by atoms with E-state index in [1.165, 1.54) is 26.1 Å². The van der Waals surface area contributed by atoms with Gasteiger partial charge in [0.25, 0.3) is 0 Å². The van der Waals surface area contributed by atoms with Crippen LogP contribution in [0.25, 0.3) is 22.2 Å². The number of likely N-dealkylation sites (tertiary alicyclic amines) is 1. The first-order valence-electron chi connectivity index (χ1n) is 12.2. The summed E-state index contributed by atoms with van der Waals surface area (Å²) in [6.07, 6.45) is 7.48. The lowest BCUT2D eigenvalue weighted by Gasteiger charge is -2.49. The highest BCUT2D eigenvalue weighted by atomic mass is 16.5. The van der Waals surface area contributed by atoms with Gasteiger partial charge >= 0.3 is 0 Å². The van der Waals surface area contributed by atoms with Gasteiger partial charge in [-0.2, -0.15) is 0 Å². The van der Waals surface area contributed by atoms with Crippen LogP contribution in [-0.2, 0) is 12.1 Å². The van der Waals surface area contributed by atoms with Crippen LogP contribution in [0.2, 0.25) is 0 Å². The van der Waals surface area contributed by atoms with Crippen molar-refractivity contribution in [2.24, 2.45) is 5.92 Å². The Morgan fingerprint density at radius 1 is 1.06 bits per heavy atom. The minimum Gasteiger partial charge on any atom is -0.489 e. The van der Waals surface area contributed by atoms with E-state index in [0.29, 0.717) is 12.4 Å². The fourth-order valence-electron chi connectivity index (χ4n) is 5.65. The second-order valence-electron chi connectivity index (χ2n) is 10.1. The number of nitrogen functional groups attached to an aromatic ring is 1. The predicted octanol–water partition coefficient (Wildman–Crippen LogP) is 5.09. The number of fused-ring (bicyclic) bond motifs is 1. The average Bonchev–Trinajstić information content (AvgIpc) is 3.21. The zero-order chi connectivity index (χ0) is 23.1. The zero-order valence-electron chi connectivity index (χ0n) is 19.7. The SMILES string of the molecule is C[C@]1(n2cc(-c3cccc(OCc4ccccc4)c3)c3c(N)ncnc32)C[C@@H](CN2CCC2)C1. The van der Waals surface area contributed by atoms with E-state index in [0.717, 1.165) is 52.2 Å². The van der Waals surface area contributed by atoms with Crippen LogP contribution in [0.15, 0.2) is 67.1 Å². The van der Waals surface area contributed by atoms with Crippen LogP contribution >= 0.6 is 0 Å². The lowest BCUT2D eigenvalue weighted by atomic mass is 9.69. The summed E-state index contributed by atoms with van der Waals surface area (Å²) < 4.78 is 8.44. The maximum Gasteiger partial charge on any atom is 0.146 e. The minimum absolute atomic E-state index is 0.0498. The van der Waals surface area contributed by atoms with Crippen molar-refractivity contribution in [2.75, 3.05) is 25.4 Å². The second kappa shape index (κ2) is 8.44. The molecule has 34 heavy (non-hydrogen) atoms. The van der Waals surface area contributed by atoms with Gasteiger partial charge in [-0.3, -0.25) is 0 Å². The van der Waals surface area contributed by atoms with E-state index in [9.17, 15) is 0 Å². The van der Waals surface area contributed by atoms with Gasteiger partial charge in [-0.25, -0.2) is 9.97 Å². The molecule has 1 aliphatic heterocycles. The van der Waals surface area contributed by atoms with Crippen molar-refractivity contribution in [3.05, 3.63) is 72.7 Å². The molecule has 0 amide bonds. The van der Waals surface area contributed by atoms with Gasteiger partial charge in [0.15, 0.2) is 0 Å². The highest BCUT2D eigenvalue weighted by molar-refractivity contribution is 6.00.